The van der Waals surface area contributed by atoms with Gasteiger partial charge in [-0.15, -0.1) is 0 Å². The third-order valence-corrected chi connectivity index (χ3v) is 5.23. The van der Waals surface area contributed by atoms with Crippen molar-refractivity contribution in [1.29, 1.82) is 0 Å². The molecule has 0 atom stereocenters. The van der Waals surface area contributed by atoms with E-state index in [4.69, 9.17) is 14.5 Å². The molecule has 2 aromatic carbocycles. The number of aromatic nitrogens is 2. The predicted molar refractivity (Wildman–Crippen MR) is 102 cm³/mol. The molecule has 26 heavy (non-hydrogen) atoms. The number of nitrogens with zero attached hydrogens (tertiary/aromatic N) is 2. The zero-order chi connectivity index (χ0) is 18.1. The number of aldehydes is 1. The monoisotopic (exact) mass is 364 g/mol. The maximum absolute atomic E-state index is 11.8. The van der Waals surface area contributed by atoms with Crippen molar-refractivity contribution in [3.05, 3.63) is 60.4 Å². The van der Waals surface area contributed by atoms with Crippen LogP contribution in [0.5, 0.6) is 11.5 Å². The Morgan fingerprint density at radius 2 is 1.88 bits per heavy atom. The van der Waals surface area contributed by atoms with E-state index in [1.54, 1.807) is 14.2 Å². The Morgan fingerprint density at radius 1 is 1.08 bits per heavy atom. The third-order valence-electron chi connectivity index (χ3n) is 4.19. The molecule has 5 nitrogen and oxygen atoms in total. The lowest BCUT2D eigenvalue weighted by Crippen LogP contribution is -1.94. The number of carbonyl (C=O) groups is 1. The Morgan fingerprint density at radius 3 is 2.58 bits per heavy atom. The summed E-state index contributed by atoms with van der Waals surface area (Å²) < 4.78 is 12.6. The number of imidazole rings is 1. The summed E-state index contributed by atoms with van der Waals surface area (Å²) in [6.45, 7) is 0. The van der Waals surface area contributed by atoms with E-state index in [0.29, 0.717) is 22.9 Å². The average molecular weight is 364 g/mol. The molecule has 0 spiro atoms. The summed E-state index contributed by atoms with van der Waals surface area (Å²) in [5.41, 5.74) is 2.90. The van der Waals surface area contributed by atoms with Gasteiger partial charge in [-0.1, -0.05) is 41.7 Å². The summed E-state index contributed by atoms with van der Waals surface area (Å²) >= 11 is 1.54. The molecule has 4 rings (SSSR count). The van der Waals surface area contributed by atoms with Crippen LogP contribution in [0.3, 0.4) is 0 Å². The first-order valence-corrected chi connectivity index (χ1v) is 8.81. The molecular weight excluding hydrogens is 348 g/mol. The molecule has 0 saturated carbocycles. The maximum atomic E-state index is 11.8. The maximum Gasteiger partial charge on any atom is 0.195 e. The van der Waals surface area contributed by atoms with Crippen LogP contribution in [0.15, 0.2) is 54.7 Å². The lowest BCUT2D eigenvalue weighted by Gasteiger charge is -2.09. The molecule has 0 amide bonds. The first-order chi connectivity index (χ1) is 12.7. The summed E-state index contributed by atoms with van der Waals surface area (Å²) in [6, 6.07) is 15.5. The van der Waals surface area contributed by atoms with Gasteiger partial charge in [-0.25, -0.2) is 4.98 Å². The van der Waals surface area contributed by atoms with E-state index in [9.17, 15) is 4.79 Å². The zero-order valence-electron chi connectivity index (χ0n) is 14.3. The van der Waals surface area contributed by atoms with E-state index in [1.165, 1.54) is 11.3 Å². The lowest BCUT2D eigenvalue weighted by atomic mass is 10.1. The fourth-order valence-corrected chi connectivity index (χ4v) is 3.90. The van der Waals surface area contributed by atoms with E-state index in [2.05, 4.69) is 0 Å². The number of hydrogen-bond donors (Lipinski definition) is 0. The number of methoxy groups -OCH3 is 2. The molecule has 4 aromatic rings. The average Bonchev–Trinajstić information content (AvgIpc) is 3.25. The van der Waals surface area contributed by atoms with Gasteiger partial charge >= 0.3 is 0 Å². The van der Waals surface area contributed by atoms with Crippen molar-refractivity contribution in [2.75, 3.05) is 14.2 Å². The minimum Gasteiger partial charge on any atom is -0.497 e. The molecule has 2 aromatic heterocycles. The van der Waals surface area contributed by atoms with Gasteiger partial charge < -0.3 is 9.47 Å². The highest BCUT2D eigenvalue weighted by Gasteiger charge is 2.20. The molecule has 2 heterocycles. The number of rotatable bonds is 5. The first kappa shape index (κ1) is 16.4. The molecule has 0 N–H and O–H groups in total. The van der Waals surface area contributed by atoms with E-state index < -0.39 is 0 Å². The number of benzene rings is 2. The Kier molecular flexibility index (Phi) is 4.18. The number of carbonyl (C=O) groups excluding carboxylic acids is 1. The van der Waals surface area contributed by atoms with E-state index in [0.717, 1.165) is 27.3 Å². The van der Waals surface area contributed by atoms with Crippen LogP contribution in [0, 0.1) is 0 Å². The van der Waals surface area contributed by atoms with Gasteiger partial charge in [-0.3, -0.25) is 9.20 Å². The van der Waals surface area contributed by atoms with Crippen LogP contribution in [-0.4, -0.2) is 29.9 Å². The van der Waals surface area contributed by atoms with Crippen LogP contribution in [0.4, 0.5) is 0 Å². The van der Waals surface area contributed by atoms with Gasteiger partial charge in [0.1, 0.15) is 22.9 Å². The largest absolute Gasteiger partial charge is 0.497 e. The normalized spacial score (nSPS) is 10.8. The van der Waals surface area contributed by atoms with Gasteiger partial charge in [0.05, 0.1) is 19.1 Å². The van der Waals surface area contributed by atoms with Crippen LogP contribution in [0.1, 0.15) is 10.5 Å². The Hall–Kier alpha value is -3.12. The summed E-state index contributed by atoms with van der Waals surface area (Å²) in [5, 5.41) is 0. The highest BCUT2D eigenvalue weighted by molar-refractivity contribution is 7.20. The van der Waals surface area contributed by atoms with Crippen molar-refractivity contribution in [2.45, 2.75) is 0 Å². The van der Waals surface area contributed by atoms with E-state index >= 15 is 0 Å². The zero-order valence-corrected chi connectivity index (χ0v) is 15.1. The fourth-order valence-electron chi connectivity index (χ4n) is 2.91. The molecule has 0 bridgehead atoms. The summed E-state index contributed by atoms with van der Waals surface area (Å²) in [6.07, 6.45) is 2.78. The van der Waals surface area contributed by atoms with Gasteiger partial charge in [0.15, 0.2) is 11.2 Å². The Balaban J connectivity index is 1.90. The van der Waals surface area contributed by atoms with E-state index in [1.807, 2.05) is 59.1 Å². The van der Waals surface area contributed by atoms with Crippen molar-refractivity contribution < 1.29 is 14.3 Å². The van der Waals surface area contributed by atoms with Crippen molar-refractivity contribution in [2.24, 2.45) is 0 Å². The second-order valence-electron chi connectivity index (χ2n) is 5.64. The van der Waals surface area contributed by atoms with Crippen LogP contribution >= 0.6 is 11.3 Å². The minimum absolute atomic E-state index is 0.491. The second kappa shape index (κ2) is 6.65. The van der Waals surface area contributed by atoms with Crippen molar-refractivity contribution in [3.63, 3.8) is 0 Å². The number of thiazole rings is 1. The quantitative estimate of drug-likeness (QED) is 0.487. The lowest BCUT2D eigenvalue weighted by molar-refractivity contribution is 0.111. The van der Waals surface area contributed by atoms with Gasteiger partial charge in [-0.2, -0.15) is 0 Å². The summed E-state index contributed by atoms with van der Waals surface area (Å²) in [4.78, 5) is 18.4. The van der Waals surface area contributed by atoms with Gasteiger partial charge in [0.2, 0.25) is 0 Å². The smallest absolute Gasteiger partial charge is 0.195 e. The molecule has 130 valence electrons. The molecule has 0 radical (unpaired) electrons. The van der Waals surface area contributed by atoms with Gasteiger partial charge in [0.25, 0.3) is 0 Å². The number of hydrogen-bond acceptors (Lipinski definition) is 5. The molecule has 0 aliphatic carbocycles. The van der Waals surface area contributed by atoms with Crippen LogP contribution in [0.25, 0.3) is 26.7 Å². The third kappa shape index (κ3) is 2.64. The molecule has 0 aliphatic heterocycles. The molecule has 0 unspecified atom stereocenters. The van der Waals surface area contributed by atoms with Crippen molar-refractivity contribution in [3.8, 4) is 33.2 Å². The number of ether oxygens (including phenoxy) is 2. The fraction of sp³-hybridized carbons (Fsp3) is 0.100. The molecule has 0 aliphatic rings. The van der Waals surface area contributed by atoms with Crippen LogP contribution in [-0.2, 0) is 0 Å². The van der Waals surface area contributed by atoms with Crippen LogP contribution < -0.4 is 9.47 Å². The van der Waals surface area contributed by atoms with Gasteiger partial charge in [-0.05, 0) is 23.8 Å². The van der Waals surface area contributed by atoms with E-state index in [-0.39, 0.29) is 0 Å². The standard InChI is InChI=1S/C20H16N2O3S/c1-24-14-8-9-17(25-2)15(10-14)19-16(12-23)22-11-18(26-20(22)21-19)13-6-4-3-5-7-13/h3-12H,1-2H3. The molecule has 0 fully saturated rings. The van der Waals surface area contributed by atoms with Crippen molar-refractivity contribution in [1.82, 2.24) is 9.38 Å². The summed E-state index contributed by atoms with van der Waals surface area (Å²) in [5.74, 6) is 1.32. The minimum atomic E-state index is 0.491. The Labute approximate surface area is 154 Å². The number of fused-ring (bicyclic) bond motifs is 1. The van der Waals surface area contributed by atoms with Crippen LogP contribution in [0.2, 0.25) is 0 Å². The topological polar surface area (TPSA) is 52.8 Å². The molecule has 0 saturated heterocycles. The highest BCUT2D eigenvalue weighted by atomic mass is 32.1. The van der Waals surface area contributed by atoms with Gasteiger partial charge in [0, 0.05) is 11.8 Å². The molecule has 6 heteroatoms. The van der Waals surface area contributed by atoms with Crippen molar-refractivity contribution >= 4 is 22.6 Å². The summed E-state index contributed by atoms with van der Waals surface area (Å²) in [7, 11) is 3.20. The predicted octanol–water partition coefficient (Wildman–Crippen LogP) is 4.56. The molecular formula is C20H16N2O3S. The highest BCUT2D eigenvalue weighted by Crippen LogP contribution is 2.37. The Bertz CT molecular complexity index is 1080. The SMILES string of the molecule is COc1ccc(OC)c(-c2nc3sc(-c4ccccc4)cn3c2C=O)c1. The second-order valence-corrected chi connectivity index (χ2v) is 6.65. The first-order valence-electron chi connectivity index (χ1n) is 8.00.